The Kier molecular flexibility index (Phi) is 2.69. The molecule has 0 heterocycles. The van der Waals surface area contributed by atoms with E-state index >= 15 is 0 Å². The molecule has 0 bridgehead atoms. The molecule has 0 aliphatic heterocycles. The van der Waals surface area contributed by atoms with Crippen LogP contribution in [0.15, 0.2) is 18.2 Å². The topological polar surface area (TPSA) is 35.5 Å². The molecule has 0 unspecified atom stereocenters. The quantitative estimate of drug-likeness (QED) is 0.619. The number of hydrogen-bond acceptors (Lipinski definition) is 3. The van der Waals surface area contributed by atoms with Gasteiger partial charge in [-0.15, -0.1) is 0 Å². The van der Waals surface area contributed by atoms with E-state index in [2.05, 4.69) is 10.8 Å². The molecule has 0 saturated heterocycles. The highest BCUT2D eigenvalue weighted by Crippen LogP contribution is 2.12. The minimum atomic E-state index is -0.408. The van der Waals surface area contributed by atoms with Crippen molar-refractivity contribution in [3.63, 3.8) is 0 Å². The van der Waals surface area contributed by atoms with E-state index in [9.17, 15) is 4.79 Å². The highest BCUT2D eigenvalue weighted by atomic mass is 16.5. The van der Waals surface area contributed by atoms with Crippen LogP contribution in [0.25, 0.3) is 0 Å². The fraction of sp³-hybridized carbons (Fsp3) is 0.222. The summed E-state index contributed by atoms with van der Waals surface area (Å²) in [4.78, 5) is 11.0. The number of carbonyl (C=O) groups is 1. The molecule has 0 spiro atoms. The monoisotopic (exact) mass is 165 g/mol. The first-order valence-corrected chi connectivity index (χ1v) is 3.42. The van der Waals surface area contributed by atoms with Crippen molar-refractivity contribution in [1.29, 1.82) is 0 Å². The average Bonchev–Trinajstić information content (AvgIpc) is 2.17. The third-order valence-electron chi connectivity index (χ3n) is 1.41. The summed E-state index contributed by atoms with van der Waals surface area (Å²) in [5.74, 6) is 0.211. The molecular formula is C9H9O3. The van der Waals surface area contributed by atoms with Gasteiger partial charge in [0.25, 0.3) is 0 Å². The van der Waals surface area contributed by atoms with Crippen LogP contribution in [0.3, 0.4) is 0 Å². The SMILES string of the molecule is COC(=O)c1[c]ccc(OC)c1. The number of benzene rings is 1. The number of esters is 1. The van der Waals surface area contributed by atoms with Crippen molar-refractivity contribution < 1.29 is 14.3 Å². The molecule has 1 aromatic rings. The van der Waals surface area contributed by atoms with Crippen LogP contribution in [0.2, 0.25) is 0 Å². The van der Waals surface area contributed by atoms with E-state index in [0.29, 0.717) is 11.3 Å². The highest BCUT2D eigenvalue weighted by Gasteiger charge is 2.05. The van der Waals surface area contributed by atoms with E-state index < -0.39 is 5.97 Å². The maximum absolute atomic E-state index is 11.0. The normalized spacial score (nSPS) is 9.17. The number of ether oxygens (including phenoxy) is 2. The zero-order valence-electron chi connectivity index (χ0n) is 6.96. The van der Waals surface area contributed by atoms with Gasteiger partial charge in [0.1, 0.15) is 5.75 Å². The lowest BCUT2D eigenvalue weighted by molar-refractivity contribution is 0.0600. The van der Waals surface area contributed by atoms with E-state index in [1.807, 2.05) is 0 Å². The van der Waals surface area contributed by atoms with Gasteiger partial charge >= 0.3 is 5.97 Å². The van der Waals surface area contributed by atoms with Gasteiger partial charge in [-0.3, -0.25) is 0 Å². The predicted molar refractivity (Wildman–Crippen MR) is 43.2 cm³/mol. The first-order valence-electron chi connectivity index (χ1n) is 3.42. The maximum Gasteiger partial charge on any atom is 0.338 e. The number of hydrogen-bond donors (Lipinski definition) is 0. The third kappa shape index (κ3) is 1.75. The lowest BCUT2D eigenvalue weighted by Gasteiger charge is -2.01. The summed E-state index contributed by atoms with van der Waals surface area (Å²) in [7, 11) is 2.87. The van der Waals surface area contributed by atoms with Gasteiger partial charge in [-0.25, -0.2) is 4.79 Å². The highest BCUT2D eigenvalue weighted by molar-refractivity contribution is 5.89. The van der Waals surface area contributed by atoms with Crippen molar-refractivity contribution in [3.8, 4) is 5.75 Å². The minimum absolute atomic E-state index is 0.372. The number of rotatable bonds is 2. The molecule has 0 aliphatic rings. The Labute approximate surface area is 70.9 Å². The van der Waals surface area contributed by atoms with Gasteiger partial charge in [0.2, 0.25) is 0 Å². The third-order valence-corrected chi connectivity index (χ3v) is 1.41. The zero-order chi connectivity index (χ0) is 8.97. The molecule has 1 aromatic carbocycles. The first-order chi connectivity index (χ1) is 5.77. The molecule has 0 N–H and O–H groups in total. The summed E-state index contributed by atoms with van der Waals surface area (Å²) in [5.41, 5.74) is 0.372. The first kappa shape index (κ1) is 8.59. The van der Waals surface area contributed by atoms with Crippen LogP contribution in [0, 0.1) is 6.07 Å². The summed E-state index contributed by atoms with van der Waals surface area (Å²) in [6.07, 6.45) is 0. The molecule has 1 rings (SSSR count). The van der Waals surface area contributed by atoms with Crippen LogP contribution >= 0.6 is 0 Å². The van der Waals surface area contributed by atoms with Gasteiger partial charge in [-0.05, 0) is 24.3 Å². The van der Waals surface area contributed by atoms with Crippen LogP contribution in [0.4, 0.5) is 0 Å². The molecule has 0 amide bonds. The van der Waals surface area contributed by atoms with E-state index in [1.54, 1.807) is 18.2 Å². The molecule has 0 aliphatic carbocycles. The molecule has 0 aromatic heterocycles. The number of methoxy groups -OCH3 is 2. The second kappa shape index (κ2) is 3.76. The molecule has 3 heteroatoms. The van der Waals surface area contributed by atoms with E-state index in [-0.39, 0.29) is 0 Å². The molecule has 1 radical (unpaired) electrons. The molecule has 0 fully saturated rings. The van der Waals surface area contributed by atoms with Crippen LogP contribution in [0.1, 0.15) is 10.4 Å². The summed E-state index contributed by atoms with van der Waals surface area (Å²) >= 11 is 0. The van der Waals surface area contributed by atoms with Crippen molar-refractivity contribution in [2.24, 2.45) is 0 Å². The summed E-state index contributed by atoms with van der Waals surface area (Å²) < 4.78 is 9.43. The molecule has 0 saturated carbocycles. The Morgan fingerprint density at radius 2 is 2.25 bits per heavy atom. The van der Waals surface area contributed by atoms with E-state index in [0.717, 1.165) is 0 Å². The molecule has 0 atom stereocenters. The fourth-order valence-electron chi connectivity index (χ4n) is 0.800. The Balaban J connectivity index is 2.93. The van der Waals surface area contributed by atoms with Crippen molar-refractivity contribution in [2.75, 3.05) is 14.2 Å². The Hall–Kier alpha value is -1.51. The summed E-state index contributed by atoms with van der Waals surface area (Å²) in [6, 6.07) is 7.65. The largest absolute Gasteiger partial charge is 0.497 e. The zero-order valence-corrected chi connectivity index (χ0v) is 6.96. The standard InChI is InChI=1S/C9H9O3/c1-11-8-5-3-4-7(6-8)9(10)12-2/h3,5-6H,1-2H3. The lowest BCUT2D eigenvalue weighted by atomic mass is 10.2. The van der Waals surface area contributed by atoms with E-state index in [1.165, 1.54) is 14.2 Å². The minimum Gasteiger partial charge on any atom is -0.497 e. The Morgan fingerprint density at radius 3 is 2.83 bits per heavy atom. The maximum atomic E-state index is 11.0. The fourth-order valence-corrected chi connectivity index (χ4v) is 0.800. The van der Waals surface area contributed by atoms with Crippen molar-refractivity contribution >= 4 is 5.97 Å². The van der Waals surface area contributed by atoms with Crippen molar-refractivity contribution in [3.05, 3.63) is 29.8 Å². The number of carbonyl (C=O) groups excluding carboxylic acids is 1. The molecule has 3 nitrogen and oxygen atoms in total. The van der Waals surface area contributed by atoms with Gasteiger partial charge in [0.15, 0.2) is 0 Å². The van der Waals surface area contributed by atoms with E-state index in [4.69, 9.17) is 4.74 Å². The van der Waals surface area contributed by atoms with Gasteiger partial charge in [-0.2, -0.15) is 0 Å². The van der Waals surface area contributed by atoms with Crippen molar-refractivity contribution in [2.45, 2.75) is 0 Å². The second-order valence-electron chi connectivity index (χ2n) is 2.13. The Bertz CT molecular complexity index is 281. The van der Waals surface area contributed by atoms with Gasteiger partial charge in [0, 0.05) is 0 Å². The summed E-state index contributed by atoms with van der Waals surface area (Å²) in [6.45, 7) is 0. The average molecular weight is 165 g/mol. The molecule has 63 valence electrons. The van der Waals surface area contributed by atoms with Crippen LogP contribution in [-0.2, 0) is 4.74 Å². The van der Waals surface area contributed by atoms with Crippen LogP contribution in [0.5, 0.6) is 5.75 Å². The second-order valence-corrected chi connectivity index (χ2v) is 2.13. The van der Waals surface area contributed by atoms with Gasteiger partial charge in [-0.1, -0.05) is 0 Å². The summed E-state index contributed by atoms with van der Waals surface area (Å²) in [5, 5.41) is 0. The molecule has 12 heavy (non-hydrogen) atoms. The van der Waals surface area contributed by atoms with Crippen molar-refractivity contribution in [1.82, 2.24) is 0 Å². The Morgan fingerprint density at radius 1 is 1.50 bits per heavy atom. The van der Waals surface area contributed by atoms with Crippen LogP contribution < -0.4 is 4.74 Å². The lowest BCUT2D eigenvalue weighted by Crippen LogP contribution is -2.01. The molecular weight excluding hydrogens is 156 g/mol. The predicted octanol–water partition coefficient (Wildman–Crippen LogP) is 1.28. The van der Waals surface area contributed by atoms with Gasteiger partial charge < -0.3 is 9.47 Å². The van der Waals surface area contributed by atoms with Crippen LogP contribution in [-0.4, -0.2) is 20.2 Å². The van der Waals surface area contributed by atoms with Gasteiger partial charge in [0.05, 0.1) is 19.8 Å². The smallest absolute Gasteiger partial charge is 0.338 e.